The maximum absolute atomic E-state index is 4.73. The van der Waals surface area contributed by atoms with Gasteiger partial charge in [-0.2, -0.15) is 0 Å². The standard InChI is InChI=1S/C36H61N2/c1-3-5-7-9-11-12-13-14-15-16-18-20-25-29-35(36-37-30-31-38-36)34(32-33-26-22-21-23-27-33)28-24-19-17-10-8-6-4-2/h21-23,26-27,30-31,34-35H,3-20,24-25,28-29,32H2,1-2H3/q+1. The van der Waals surface area contributed by atoms with Crippen molar-refractivity contribution in [2.75, 3.05) is 0 Å². The molecule has 1 aliphatic heterocycles. The monoisotopic (exact) mass is 521 g/mol. The number of hydrogen-bond donors (Lipinski definition) is 0. The molecule has 1 aromatic rings. The number of hydrogen-bond acceptors (Lipinski definition) is 2. The smallest absolute Gasteiger partial charge is 0.0965 e. The van der Waals surface area contributed by atoms with Crippen LogP contribution in [0.1, 0.15) is 161 Å². The average molecular weight is 522 g/mol. The molecule has 1 heterocycles. The van der Waals surface area contributed by atoms with Gasteiger partial charge < -0.3 is 0 Å². The minimum atomic E-state index is 0.498. The normalized spacial score (nSPS) is 14.4. The number of nitrogens with zero attached hydrogens (tertiary/aromatic N) is 2. The second-order valence-corrected chi connectivity index (χ2v) is 11.9. The molecule has 38 heavy (non-hydrogen) atoms. The first-order valence-corrected chi connectivity index (χ1v) is 16.8. The fourth-order valence-corrected chi connectivity index (χ4v) is 6.13. The van der Waals surface area contributed by atoms with Crippen molar-refractivity contribution in [3.63, 3.8) is 0 Å². The fraction of sp³-hybridized carbons (Fsp3) is 0.750. The molecule has 2 atom stereocenters. The third kappa shape index (κ3) is 15.7. The van der Waals surface area contributed by atoms with Crippen molar-refractivity contribution in [1.82, 2.24) is 0 Å². The van der Waals surface area contributed by atoms with Crippen molar-refractivity contribution in [2.24, 2.45) is 21.8 Å². The van der Waals surface area contributed by atoms with Crippen LogP contribution >= 0.6 is 0 Å². The Morgan fingerprint density at radius 3 is 1.42 bits per heavy atom. The van der Waals surface area contributed by atoms with Crippen molar-refractivity contribution < 1.29 is 0 Å². The van der Waals surface area contributed by atoms with E-state index in [1.165, 1.54) is 147 Å². The van der Waals surface area contributed by atoms with E-state index in [9.17, 15) is 0 Å². The summed E-state index contributed by atoms with van der Waals surface area (Å²) in [6.07, 6.45) is 36.7. The van der Waals surface area contributed by atoms with Gasteiger partial charge in [0.15, 0.2) is 12.4 Å². The molecule has 0 saturated heterocycles. The van der Waals surface area contributed by atoms with Gasteiger partial charge in [0, 0.05) is 0 Å². The van der Waals surface area contributed by atoms with E-state index in [2.05, 4.69) is 44.2 Å². The minimum absolute atomic E-state index is 0.498. The molecular formula is C36H61N2+. The lowest BCUT2D eigenvalue weighted by atomic mass is 9.78. The summed E-state index contributed by atoms with van der Waals surface area (Å²) >= 11 is 0. The lowest BCUT2D eigenvalue weighted by Crippen LogP contribution is -2.22. The molecule has 1 aromatic carbocycles. The van der Waals surface area contributed by atoms with Crippen LogP contribution in [-0.4, -0.2) is 12.4 Å². The molecule has 0 spiro atoms. The minimum Gasteiger partial charge on any atom is -0.0965 e. The highest BCUT2D eigenvalue weighted by Gasteiger charge is 2.35. The van der Waals surface area contributed by atoms with Gasteiger partial charge in [0.1, 0.15) is 0 Å². The van der Waals surface area contributed by atoms with Gasteiger partial charge in [0.25, 0.3) is 0 Å². The van der Waals surface area contributed by atoms with Crippen LogP contribution < -0.4 is 0 Å². The zero-order chi connectivity index (χ0) is 26.9. The first-order valence-electron chi connectivity index (χ1n) is 16.8. The Labute approximate surface area is 237 Å². The van der Waals surface area contributed by atoms with Gasteiger partial charge >= 0.3 is 0 Å². The Morgan fingerprint density at radius 2 is 0.947 bits per heavy atom. The summed E-state index contributed by atoms with van der Waals surface area (Å²) in [5.41, 5.74) is 1.47. The summed E-state index contributed by atoms with van der Waals surface area (Å²) in [5, 5.41) is 0. The van der Waals surface area contributed by atoms with E-state index in [4.69, 9.17) is 9.98 Å². The van der Waals surface area contributed by atoms with E-state index in [1.54, 1.807) is 0 Å². The molecule has 2 rings (SSSR count). The SMILES string of the molecule is CCCCCCCCCCCCCCCC([C+]1N=CC=N1)C(CCCCCCCCC)Cc1ccccc1. The molecular weight excluding hydrogens is 460 g/mol. The molecule has 2 unspecified atom stereocenters. The largest absolute Gasteiger partial charge is 0.244 e. The van der Waals surface area contributed by atoms with Crippen molar-refractivity contribution in [3.05, 3.63) is 42.1 Å². The van der Waals surface area contributed by atoms with Crippen molar-refractivity contribution >= 4 is 12.4 Å². The lowest BCUT2D eigenvalue weighted by molar-refractivity contribution is 0.284. The predicted octanol–water partition coefficient (Wildman–Crippen LogP) is 11.7. The van der Waals surface area contributed by atoms with Crippen LogP contribution in [0, 0.1) is 18.0 Å². The third-order valence-corrected chi connectivity index (χ3v) is 8.52. The Morgan fingerprint density at radius 1 is 0.526 bits per heavy atom. The van der Waals surface area contributed by atoms with Crippen LogP contribution in [0.3, 0.4) is 0 Å². The molecule has 0 fully saturated rings. The summed E-state index contributed by atoms with van der Waals surface area (Å²) in [7, 11) is 0. The summed E-state index contributed by atoms with van der Waals surface area (Å²) < 4.78 is 0. The van der Waals surface area contributed by atoms with Gasteiger partial charge in [-0.25, -0.2) is 0 Å². The third-order valence-electron chi connectivity index (χ3n) is 8.52. The van der Waals surface area contributed by atoms with Gasteiger partial charge in [0.2, 0.25) is 6.17 Å². The fourth-order valence-electron chi connectivity index (χ4n) is 6.13. The van der Waals surface area contributed by atoms with E-state index >= 15 is 0 Å². The molecule has 0 saturated carbocycles. The second-order valence-electron chi connectivity index (χ2n) is 11.9. The summed E-state index contributed by atoms with van der Waals surface area (Å²) in [4.78, 5) is 9.45. The van der Waals surface area contributed by atoms with Crippen LogP contribution in [0.4, 0.5) is 0 Å². The van der Waals surface area contributed by atoms with Gasteiger partial charge in [0.05, 0.1) is 5.92 Å². The molecule has 0 amide bonds. The van der Waals surface area contributed by atoms with Gasteiger partial charge in [-0.05, 0) is 30.7 Å². The number of benzene rings is 1. The molecule has 0 aliphatic carbocycles. The first-order chi connectivity index (χ1) is 18.8. The van der Waals surface area contributed by atoms with Crippen LogP contribution in [0.5, 0.6) is 0 Å². The van der Waals surface area contributed by atoms with Gasteiger partial charge in [-0.3, -0.25) is 0 Å². The molecule has 214 valence electrons. The highest BCUT2D eigenvalue weighted by molar-refractivity contribution is 6.18. The molecule has 2 nitrogen and oxygen atoms in total. The Bertz CT molecular complexity index is 683. The Hall–Kier alpha value is -1.57. The van der Waals surface area contributed by atoms with E-state index < -0.39 is 0 Å². The Balaban J connectivity index is 1.73. The van der Waals surface area contributed by atoms with Gasteiger partial charge in [-0.15, -0.1) is 0 Å². The maximum Gasteiger partial charge on any atom is 0.244 e. The first kappa shape index (κ1) is 32.6. The number of rotatable bonds is 26. The topological polar surface area (TPSA) is 24.7 Å². The van der Waals surface area contributed by atoms with Crippen LogP contribution in [-0.2, 0) is 6.42 Å². The van der Waals surface area contributed by atoms with E-state index in [1.807, 2.05) is 12.4 Å². The van der Waals surface area contributed by atoms with Crippen LogP contribution in [0.15, 0.2) is 40.3 Å². The lowest BCUT2D eigenvalue weighted by Gasteiger charge is -2.26. The van der Waals surface area contributed by atoms with E-state index in [0.29, 0.717) is 11.8 Å². The van der Waals surface area contributed by atoms with Crippen LogP contribution in [0.2, 0.25) is 0 Å². The van der Waals surface area contributed by atoms with Crippen LogP contribution in [0.25, 0.3) is 0 Å². The zero-order valence-electron chi connectivity index (χ0n) is 25.4. The quantitative estimate of drug-likeness (QED) is 0.0855. The predicted molar refractivity (Wildman–Crippen MR) is 170 cm³/mol. The van der Waals surface area contributed by atoms with Crippen molar-refractivity contribution in [1.29, 1.82) is 0 Å². The summed E-state index contributed by atoms with van der Waals surface area (Å²) in [6, 6.07) is 11.2. The highest BCUT2D eigenvalue weighted by atomic mass is 15.0. The highest BCUT2D eigenvalue weighted by Crippen LogP contribution is 2.37. The van der Waals surface area contributed by atoms with E-state index in [-0.39, 0.29) is 0 Å². The average Bonchev–Trinajstić information content (AvgIpc) is 3.48. The molecule has 0 aromatic heterocycles. The number of unbranched alkanes of at least 4 members (excludes halogenated alkanes) is 18. The zero-order valence-corrected chi connectivity index (χ0v) is 25.4. The van der Waals surface area contributed by atoms with Crippen molar-refractivity contribution in [3.8, 4) is 0 Å². The summed E-state index contributed by atoms with van der Waals surface area (Å²) in [5.74, 6) is 1.14. The number of aliphatic imine (C=N–C) groups is 2. The molecule has 0 bridgehead atoms. The summed E-state index contributed by atoms with van der Waals surface area (Å²) in [6.45, 7) is 4.60. The molecule has 2 heteroatoms. The molecule has 0 N–H and O–H groups in total. The van der Waals surface area contributed by atoms with Gasteiger partial charge in [-0.1, -0.05) is 183 Å². The second kappa shape index (κ2) is 23.3. The van der Waals surface area contributed by atoms with Crippen molar-refractivity contribution in [2.45, 2.75) is 162 Å². The maximum atomic E-state index is 4.73. The molecule has 0 radical (unpaired) electrons. The Kier molecular flexibility index (Phi) is 20.0. The molecule has 1 aliphatic rings. The van der Waals surface area contributed by atoms with E-state index in [0.717, 1.165) is 12.6 Å².